The monoisotopic (exact) mass is 441 g/mol. The van der Waals surface area contributed by atoms with E-state index < -0.39 is 0 Å². The van der Waals surface area contributed by atoms with Crippen molar-refractivity contribution in [1.82, 2.24) is 15.0 Å². The van der Waals surface area contributed by atoms with Gasteiger partial charge in [-0.05, 0) is 44.2 Å². The van der Waals surface area contributed by atoms with Crippen LogP contribution in [0.3, 0.4) is 0 Å². The van der Waals surface area contributed by atoms with Gasteiger partial charge in [0.05, 0.1) is 17.9 Å². The Morgan fingerprint density at radius 3 is 2.78 bits per heavy atom. The lowest BCUT2D eigenvalue weighted by Crippen LogP contribution is -2.47. The minimum absolute atomic E-state index is 0.216. The molecule has 0 bridgehead atoms. The number of likely N-dealkylation sites (N-methyl/N-ethyl adjacent to an activating group) is 1. The quantitative estimate of drug-likeness (QED) is 0.634. The Balaban J connectivity index is 1.54. The zero-order valence-corrected chi connectivity index (χ0v) is 19.5. The fourth-order valence-corrected chi connectivity index (χ4v) is 4.54. The number of rotatable bonds is 9. The van der Waals surface area contributed by atoms with Crippen LogP contribution in [0, 0.1) is 0 Å². The first kappa shape index (κ1) is 22.7. The number of hydrogen-bond acceptors (Lipinski definition) is 8. The van der Waals surface area contributed by atoms with E-state index in [2.05, 4.69) is 22.2 Å². The highest BCUT2D eigenvalue weighted by Gasteiger charge is 2.34. The number of nitrogens with one attached hydrogen (secondary N) is 1. The molecule has 0 amide bonds. The predicted molar refractivity (Wildman–Crippen MR) is 124 cm³/mol. The lowest BCUT2D eigenvalue weighted by molar-refractivity contribution is -0.0836. The van der Waals surface area contributed by atoms with Crippen LogP contribution in [0.5, 0.6) is 5.88 Å². The van der Waals surface area contributed by atoms with Crippen LogP contribution < -0.4 is 15.0 Å². The van der Waals surface area contributed by atoms with E-state index >= 15 is 0 Å². The van der Waals surface area contributed by atoms with Crippen LogP contribution in [0.2, 0.25) is 0 Å². The maximum absolute atomic E-state index is 5.94. The van der Waals surface area contributed by atoms with Crippen LogP contribution in [0.25, 0.3) is 0 Å². The molecule has 0 saturated carbocycles. The van der Waals surface area contributed by atoms with Crippen molar-refractivity contribution < 1.29 is 14.2 Å². The van der Waals surface area contributed by atoms with Gasteiger partial charge < -0.3 is 24.4 Å². The summed E-state index contributed by atoms with van der Waals surface area (Å²) in [5.41, 5.74) is 3.31. The molecule has 0 aromatic carbocycles. The molecule has 3 heterocycles. The minimum Gasteiger partial charge on any atom is -0.478 e. The highest BCUT2D eigenvalue weighted by Crippen LogP contribution is 2.30. The van der Waals surface area contributed by atoms with E-state index in [1.54, 1.807) is 13.3 Å². The van der Waals surface area contributed by atoms with Gasteiger partial charge in [-0.15, -0.1) is 0 Å². The van der Waals surface area contributed by atoms with E-state index in [9.17, 15) is 0 Å². The first-order valence-corrected chi connectivity index (χ1v) is 11.7. The molecule has 8 heteroatoms. The van der Waals surface area contributed by atoms with E-state index in [-0.39, 0.29) is 5.60 Å². The number of hydrogen-bond donors (Lipinski definition) is 1. The molecule has 32 heavy (non-hydrogen) atoms. The summed E-state index contributed by atoms with van der Waals surface area (Å²) in [6.07, 6.45) is 7.92. The highest BCUT2D eigenvalue weighted by molar-refractivity contribution is 5.52. The maximum atomic E-state index is 5.94. The summed E-state index contributed by atoms with van der Waals surface area (Å²) in [7, 11) is 3.85. The van der Waals surface area contributed by atoms with E-state index in [0.717, 1.165) is 62.8 Å². The topological polar surface area (TPSA) is 81.6 Å². The van der Waals surface area contributed by atoms with Crippen LogP contribution in [-0.4, -0.2) is 61.1 Å². The fourth-order valence-electron chi connectivity index (χ4n) is 4.54. The number of aromatic nitrogens is 3. The fraction of sp³-hybridized carbons (Fsp3) is 0.625. The zero-order chi connectivity index (χ0) is 22.4. The smallest absolute Gasteiger partial charge is 0.227 e. The number of methoxy groups -OCH3 is 1. The van der Waals surface area contributed by atoms with Crippen LogP contribution in [0.15, 0.2) is 18.3 Å². The third-order valence-corrected chi connectivity index (χ3v) is 6.43. The first-order chi connectivity index (χ1) is 15.6. The largest absolute Gasteiger partial charge is 0.478 e. The average molecular weight is 442 g/mol. The summed E-state index contributed by atoms with van der Waals surface area (Å²) in [4.78, 5) is 16.3. The summed E-state index contributed by atoms with van der Waals surface area (Å²) in [5, 5.41) is 3.57. The number of anilines is 2. The van der Waals surface area contributed by atoms with Gasteiger partial charge in [0.15, 0.2) is 0 Å². The van der Waals surface area contributed by atoms with E-state index in [1.807, 2.05) is 19.1 Å². The standard InChI is InChI=1S/C24H35N5O3/c1-4-32-21-15-18(9-12-25-21)16-26-22-19-7-5-6-8-20(19)27-23(28-22)29(2)17-24(30-3)10-13-31-14-11-24/h9,12,15H,4-8,10-11,13-14,16-17H2,1-3H3,(H,26,27,28). The van der Waals surface area contributed by atoms with Gasteiger partial charge in [-0.1, -0.05) is 0 Å². The number of fused-ring (bicyclic) bond motifs is 1. The molecule has 8 nitrogen and oxygen atoms in total. The van der Waals surface area contributed by atoms with Gasteiger partial charge in [-0.2, -0.15) is 4.98 Å². The van der Waals surface area contributed by atoms with Crippen molar-refractivity contribution in [3.05, 3.63) is 35.2 Å². The Hall–Kier alpha value is -2.45. The Bertz CT molecular complexity index is 901. The Kier molecular flexibility index (Phi) is 7.42. The summed E-state index contributed by atoms with van der Waals surface area (Å²) in [5.74, 6) is 2.34. The first-order valence-electron chi connectivity index (χ1n) is 11.7. The summed E-state index contributed by atoms with van der Waals surface area (Å²) >= 11 is 0. The SMILES string of the molecule is CCOc1cc(CNc2nc(N(C)CC3(OC)CCOCC3)nc3c2CCCC3)ccn1. The van der Waals surface area contributed by atoms with Gasteiger partial charge in [-0.3, -0.25) is 0 Å². The summed E-state index contributed by atoms with van der Waals surface area (Å²) in [6, 6.07) is 3.98. The average Bonchev–Trinajstić information content (AvgIpc) is 2.83. The second kappa shape index (κ2) is 10.4. The summed E-state index contributed by atoms with van der Waals surface area (Å²) < 4.78 is 17.0. The number of pyridine rings is 1. The molecule has 4 rings (SSSR count). The lowest BCUT2D eigenvalue weighted by Gasteiger charge is -2.39. The molecule has 1 N–H and O–H groups in total. The van der Waals surface area contributed by atoms with Gasteiger partial charge in [0.1, 0.15) is 5.82 Å². The molecular formula is C24H35N5O3. The molecule has 1 fully saturated rings. The predicted octanol–water partition coefficient (Wildman–Crippen LogP) is 3.39. The van der Waals surface area contributed by atoms with E-state index in [0.29, 0.717) is 19.0 Å². The van der Waals surface area contributed by atoms with Crippen molar-refractivity contribution in [3.63, 3.8) is 0 Å². The molecule has 0 radical (unpaired) electrons. The molecule has 174 valence electrons. The van der Waals surface area contributed by atoms with Gasteiger partial charge >= 0.3 is 0 Å². The Morgan fingerprint density at radius 2 is 2.00 bits per heavy atom. The molecule has 1 aliphatic heterocycles. The second-order valence-electron chi connectivity index (χ2n) is 8.65. The molecule has 0 unspecified atom stereocenters. The lowest BCUT2D eigenvalue weighted by atomic mass is 9.93. The zero-order valence-electron chi connectivity index (χ0n) is 19.5. The number of ether oxygens (including phenoxy) is 3. The third kappa shape index (κ3) is 5.30. The summed E-state index contributed by atoms with van der Waals surface area (Å²) in [6.45, 7) is 5.44. The minimum atomic E-state index is -0.216. The number of nitrogens with zero attached hydrogens (tertiary/aromatic N) is 4. The molecule has 0 spiro atoms. The Labute approximate surface area is 190 Å². The molecule has 1 saturated heterocycles. The molecule has 0 atom stereocenters. The van der Waals surface area contributed by atoms with Crippen molar-refractivity contribution in [2.45, 2.75) is 57.6 Å². The second-order valence-corrected chi connectivity index (χ2v) is 8.65. The molecule has 1 aliphatic carbocycles. The van der Waals surface area contributed by atoms with Gasteiger partial charge in [0.25, 0.3) is 0 Å². The van der Waals surface area contributed by atoms with Crippen molar-refractivity contribution >= 4 is 11.8 Å². The van der Waals surface area contributed by atoms with Crippen molar-refractivity contribution in [3.8, 4) is 5.88 Å². The van der Waals surface area contributed by atoms with Crippen LogP contribution in [0.1, 0.15) is 49.4 Å². The number of aryl methyl sites for hydroxylation is 1. The molecular weight excluding hydrogens is 406 g/mol. The van der Waals surface area contributed by atoms with Gasteiger partial charge in [0.2, 0.25) is 11.8 Å². The van der Waals surface area contributed by atoms with Crippen molar-refractivity contribution in [1.29, 1.82) is 0 Å². The van der Waals surface area contributed by atoms with Crippen molar-refractivity contribution in [2.24, 2.45) is 0 Å². The van der Waals surface area contributed by atoms with E-state index in [4.69, 9.17) is 24.2 Å². The van der Waals surface area contributed by atoms with Crippen LogP contribution in [-0.2, 0) is 28.9 Å². The molecule has 2 aromatic heterocycles. The van der Waals surface area contributed by atoms with E-state index in [1.165, 1.54) is 24.1 Å². The molecule has 2 aromatic rings. The molecule has 2 aliphatic rings. The maximum Gasteiger partial charge on any atom is 0.227 e. The third-order valence-electron chi connectivity index (χ3n) is 6.43. The van der Waals surface area contributed by atoms with Gasteiger partial charge in [-0.25, -0.2) is 9.97 Å². The van der Waals surface area contributed by atoms with Gasteiger partial charge in [0, 0.05) is 71.1 Å². The highest BCUT2D eigenvalue weighted by atomic mass is 16.5. The van der Waals surface area contributed by atoms with Crippen LogP contribution in [0.4, 0.5) is 11.8 Å². The van der Waals surface area contributed by atoms with Crippen molar-refractivity contribution in [2.75, 3.05) is 50.7 Å². The van der Waals surface area contributed by atoms with Crippen LogP contribution >= 0.6 is 0 Å². The Morgan fingerprint density at radius 1 is 1.19 bits per heavy atom. The normalized spacial score (nSPS) is 17.5.